The number of hydrogen-bond donors (Lipinski definition) is 1. The van der Waals surface area contributed by atoms with Crippen molar-refractivity contribution in [3.05, 3.63) is 34.1 Å². The minimum absolute atomic E-state index is 0.0165. The van der Waals surface area contributed by atoms with Gasteiger partial charge in [0.15, 0.2) is 11.0 Å². The number of carboxylic acids is 1. The second-order valence-electron chi connectivity index (χ2n) is 3.97. The van der Waals surface area contributed by atoms with Gasteiger partial charge in [-0.1, -0.05) is 11.8 Å². The summed E-state index contributed by atoms with van der Waals surface area (Å²) in [5.74, 6) is -1.80. The molecule has 0 atom stereocenters. The summed E-state index contributed by atoms with van der Waals surface area (Å²) < 4.78 is 14.7. The molecule has 0 saturated carbocycles. The van der Waals surface area contributed by atoms with E-state index in [-0.39, 0.29) is 28.0 Å². The Morgan fingerprint density at radius 3 is 2.86 bits per heavy atom. The zero-order chi connectivity index (χ0) is 15.6. The standard InChI is InChI=1S/C11H9FN4O4S/c1-15-10(13-14-11(15)21-5-9(17)18)7-4-6(12)2-3-8(7)16(19)20/h2-4H,5H2,1H3,(H,17,18). The van der Waals surface area contributed by atoms with E-state index in [0.29, 0.717) is 0 Å². The molecule has 1 aromatic carbocycles. The molecule has 0 unspecified atom stereocenters. The molecule has 0 aliphatic carbocycles. The lowest BCUT2D eigenvalue weighted by atomic mass is 10.1. The highest BCUT2D eigenvalue weighted by Gasteiger charge is 2.22. The number of nitrogens with zero attached hydrogens (tertiary/aromatic N) is 4. The van der Waals surface area contributed by atoms with E-state index >= 15 is 0 Å². The third-order valence-electron chi connectivity index (χ3n) is 2.56. The fraction of sp³-hybridized carbons (Fsp3) is 0.182. The molecule has 2 aromatic rings. The molecule has 21 heavy (non-hydrogen) atoms. The van der Waals surface area contributed by atoms with Crippen LogP contribution in [0.1, 0.15) is 0 Å². The van der Waals surface area contributed by atoms with Crippen molar-refractivity contribution in [1.29, 1.82) is 0 Å². The first-order chi connectivity index (χ1) is 9.90. The van der Waals surface area contributed by atoms with Crippen molar-refractivity contribution in [3.8, 4) is 11.4 Å². The SMILES string of the molecule is Cn1c(SCC(=O)O)nnc1-c1cc(F)ccc1[N+](=O)[O-]. The van der Waals surface area contributed by atoms with Gasteiger partial charge < -0.3 is 9.67 Å². The van der Waals surface area contributed by atoms with Gasteiger partial charge in [0.05, 0.1) is 16.2 Å². The smallest absolute Gasteiger partial charge is 0.313 e. The Morgan fingerprint density at radius 2 is 2.24 bits per heavy atom. The first kappa shape index (κ1) is 14.9. The number of thioether (sulfide) groups is 1. The van der Waals surface area contributed by atoms with Gasteiger partial charge in [0.25, 0.3) is 5.69 Å². The molecule has 0 fully saturated rings. The maximum Gasteiger partial charge on any atom is 0.313 e. The van der Waals surface area contributed by atoms with Gasteiger partial charge in [0.2, 0.25) is 0 Å². The van der Waals surface area contributed by atoms with Gasteiger partial charge in [-0.05, 0) is 12.1 Å². The van der Waals surface area contributed by atoms with E-state index in [0.717, 1.165) is 30.0 Å². The molecular formula is C11H9FN4O4S. The fourth-order valence-electron chi connectivity index (χ4n) is 1.65. The fourth-order valence-corrected chi connectivity index (χ4v) is 2.28. The molecule has 0 radical (unpaired) electrons. The second kappa shape index (κ2) is 5.87. The molecule has 2 rings (SSSR count). The van der Waals surface area contributed by atoms with E-state index in [1.807, 2.05) is 0 Å². The minimum Gasteiger partial charge on any atom is -0.481 e. The Bertz CT molecular complexity index is 718. The first-order valence-electron chi connectivity index (χ1n) is 5.58. The maximum atomic E-state index is 13.3. The molecule has 0 aliphatic heterocycles. The molecule has 0 aliphatic rings. The average molecular weight is 312 g/mol. The minimum atomic E-state index is -1.03. The topological polar surface area (TPSA) is 111 Å². The Morgan fingerprint density at radius 1 is 1.52 bits per heavy atom. The lowest BCUT2D eigenvalue weighted by Gasteiger charge is -2.04. The Hall–Kier alpha value is -2.49. The van der Waals surface area contributed by atoms with Gasteiger partial charge in [0.1, 0.15) is 5.82 Å². The van der Waals surface area contributed by atoms with Crippen molar-refractivity contribution < 1.29 is 19.2 Å². The Kier molecular flexibility index (Phi) is 4.17. The van der Waals surface area contributed by atoms with Crippen LogP contribution in [0.15, 0.2) is 23.4 Å². The van der Waals surface area contributed by atoms with E-state index in [2.05, 4.69) is 10.2 Å². The highest BCUT2D eigenvalue weighted by atomic mass is 32.2. The highest BCUT2D eigenvalue weighted by Crippen LogP contribution is 2.30. The van der Waals surface area contributed by atoms with Crippen LogP contribution in [0.4, 0.5) is 10.1 Å². The van der Waals surface area contributed by atoms with E-state index in [1.165, 1.54) is 11.6 Å². The molecular weight excluding hydrogens is 303 g/mol. The van der Waals surface area contributed by atoms with Crippen molar-refractivity contribution in [3.63, 3.8) is 0 Å². The zero-order valence-electron chi connectivity index (χ0n) is 10.7. The van der Waals surface area contributed by atoms with Crippen LogP contribution in [0.25, 0.3) is 11.4 Å². The number of aliphatic carboxylic acids is 1. The highest BCUT2D eigenvalue weighted by molar-refractivity contribution is 7.99. The predicted octanol–water partition coefficient (Wildman–Crippen LogP) is 1.71. The van der Waals surface area contributed by atoms with Crippen LogP contribution in [-0.4, -0.2) is 36.5 Å². The summed E-state index contributed by atoms with van der Waals surface area (Å²) >= 11 is 0.915. The van der Waals surface area contributed by atoms with Crippen molar-refractivity contribution >= 4 is 23.4 Å². The molecule has 0 saturated heterocycles. The molecule has 10 heteroatoms. The van der Waals surface area contributed by atoms with E-state index in [1.54, 1.807) is 0 Å². The number of rotatable bonds is 5. The second-order valence-corrected chi connectivity index (χ2v) is 4.91. The monoisotopic (exact) mass is 312 g/mol. The van der Waals surface area contributed by atoms with Crippen LogP contribution in [0.3, 0.4) is 0 Å². The zero-order valence-corrected chi connectivity index (χ0v) is 11.5. The van der Waals surface area contributed by atoms with Gasteiger partial charge in [-0.15, -0.1) is 10.2 Å². The molecule has 1 N–H and O–H groups in total. The summed E-state index contributed by atoms with van der Waals surface area (Å²) in [5, 5.41) is 27.4. The van der Waals surface area contributed by atoms with E-state index < -0.39 is 16.7 Å². The molecule has 0 spiro atoms. The number of halogens is 1. The summed E-state index contributed by atoms with van der Waals surface area (Å²) in [5.41, 5.74) is -0.321. The lowest BCUT2D eigenvalue weighted by molar-refractivity contribution is -0.384. The van der Waals surface area contributed by atoms with Gasteiger partial charge in [-0.25, -0.2) is 4.39 Å². The Labute approximate surface area is 121 Å². The van der Waals surface area contributed by atoms with Gasteiger partial charge in [-0.3, -0.25) is 14.9 Å². The summed E-state index contributed by atoms with van der Waals surface area (Å²) in [7, 11) is 1.52. The van der Waals surface area contributed by atoms with Crippen LogP contribution in [0, 0.1) is 15.9 Å². The number of nitro benzene ring substituents is 1. The van der Waals surface area contributed by atoms with Crippen LogP contribution in [-0.2, 0) is 11.8 Å². The lowest BCUT2D eigenvalue weighted by Crippen LogP contribution is -2.02. The van der Waals surface area contributed by atoms with Crippen LogP contribution in [0.2, 0.25) is 0 Å². The Balaban J connectivity index is 2.45. The number of benzene rings is 1. The summed E-state index contributed by atoms with van der Waals surface area (Å²) in [6, 6.07) is 3.02. The number of carboxylic acid groups (broad SMARTS) is 1. The van der Waals surface area contributed by atoms with E-state index in [9.17, 15) is 19.3 Å². The van der Waals surface area contributed by atoms with Gasteiger partial charge in [0, 0.05) is 13.1 Å². The first-order valence-corrected chi connectivity index (χ1v) is 6.57. The van der Waals surface area contributed by atoms with Gasteiger partial charge in [-0.2, -0.15) is 0 Å². The van der Waals surface area contributed by atoms with Gasteiger partial charge >= 0.3 is 5.97 Å². The summed E-state index contributed by atoms with van der Waals surface area (Å²) in [6.07, 6.45) is 0. The van der Waals surface area contributed by atoms with Crippen LogP contribution in [0.5, 0.6) is 0 Å². The quantitative estimate of drug-likeness (QED) is 0.508. The molecule has 110 valence electrons. The van der Waals surface area contributed by atoms with Crippen LogP contribution < -0.4 is 0 Å². The maximum absolute atomic E-state index is 13.3. The average Bonchev–Trinajstić information content (AvgIpc) is 2.77. The molecule has 1 heterocycles. The van der Waals surface area contributed by atoms with Crippen molar-refractivity contribution in [2.45, 2.75) is 5.16 Å². The van der Waals surface area contributed by atoms with Crippen molar-refractivity contribution in [2.24, 2.45) is 7.05 Å². The van der Waals surface area contributed by atoms with E-state index in [4.69, 9.17) is 5.11 Å². The number of nitro groups is 1. The number of carbonyl (C=O) groups is 1. The molecule has 1 aromatic heterocycles. The molecule has 0 bridgehead atoms. The third kappa shape index (κ3) is 3.16. The number of hydrogen-bond acceptors (Lipinski definition) is 6. The normalized spacial score (nSPS) is 10.6. The van der Waals surface area contributed by atoms with Crippen molar-refractivity contribution in [1.82, 2.24) is 14.8 Å². The summed E-state index contributed by atoms with van der Waals surface area (Å²) in [6.45, 7) is 0. The molecule has 8 nitrogen and oxygen atoms in total. The number of aromatic nitrogens is 3. The largest absolute Gasteiger partial charge is 0.481 e. The predicted molar refractivity (Wildman–Crippen MR) is 71.4 cm³/mol. The van der Waals surface area contributed by atoms with Crippen LogP contribution >= 0.6 is 11.8 Å². The van der Waals surface area contributed by atoms with Crippen molar-refractivity contribution in [2.75, 3.05) is 5.75 Å². The third-order valence-corrected chi connectivity index (χ3v) is 3.56. The molecule has 0 amide bonds. The summed E-state index contributed by atoms with van der Waals surface area (Å²) in [4.78, 5) is 20.9.